The second-order valence-electron chi connectivity index (χ2n) is 11.5. The molecule has 0 amide bonds. The summed E-state index contributed by atoms with van der Waals surface area (Å²) >= 11 is 12.4. The molecule has 2 atom stereocenters. The summed E-state index contributed by atoms with van der Waals surface area (Å²) in [7, 11) is 0. The highest BCUT2D eigenvalue weighted by Gasteiger charge is 2.22. The molecule has 0 saturated heterocycles. The Bertz CT molecular complexity index is 1590. The fraction of sp³-hybridized carbons (Fsp3) is 0.333. The number of benzene rings is 4. The van der Waals surface area contributed by atoms with Crippen molar-refractivity contribution in [3.8, 4) is 0 Å². The van der Waals surface area contributed by atoms with Gasteiger partial charge in [0, 0.05) is 28.3 Å². The maximum absolute atomic E-state index is 12.3. The lowest BCUT2D eigenvalue weighted by Gasteiger charge is -2.15. The van der Waals surface area contributed by atoms with Gasteiger partial charge in [-0.05, 0) is 103 Å². The van der Waals surface area contributed by atoms with Crippen molar-refractivity contribution in [3.63, 3.8) is 0 Å². The average molecular weight is 613 g/mol. The van der Waals surface area contributed by atoms with Crippen molar-refractivity contribution in [2.45, 2.75) is 85.1 Å². The van der Waals surface area contributed by atoms with Crippen LogP contribution >= 0.6 is 23.2 Å². The van der Waals surface area contributed by atoms with Gasteiger partial charge in [-0.2, -0.15) is 0 Å². The van der Waals surface area contributed by atoms with Gasteiger partial charge in [0.05, 0.1) is 11.1 Å². The maximum atomic E-state index is 12.3. The van der Waals surface area contributed by atoms with Gasteiger partial charge in [-0.3, -0.25) is 9.79 Å². The second-order valence-corrected chi connectivity index (χ2v) is 12.4. The number of hydrogen-bond donors (Lipinski definition) is 0. The number of aliphatic imine (C=N–C) groups is 1. The molecule has 1 aliphatic heterocycles. The predicted octanol–water partition coefficient (Wildman–Crippen LogP) is 11.5. The molecule has 4 aromatic rings. The minimum atomic E-state index is 0.125. The maximum Gasteiger partial charge on any atom is 0.164 e. The summed E-state index contributed by atoms with van der Waals surface area (Å²) in [5, 5.41) is 1.35. The number of Topliss-reactive ketones (excluding diaryl/α,β-unsaturated/α-hetero) is 1. The van der Waals surface area contributed by atoms with Gasteiger partial charge in [-0.1, -0.05) is 111 Å². The summed E-state index contributed by atoms with van der Waals surface area (Å²) in [5.74, 6) is 0.498. The van der Waals surface area contributed by atoms with Crippen molar-refractivity contribution in [1.82, 2.24) is 0 Å². The molecule has 4 heteroatoms. The smallest absolute Gasteiger partial charge is 0.164 e. The Morgan fingerprint density at radius 1 is 0.837 bits per heavy atom. The van der Waals surface area contributed by atoms with Gasteiger partial charge in [0.2, 0.25) is 0 Å². The molecular weight excluding hydrogens is 569 g/mol. The molecule has 0 aromatic heterocycles. The summed E-state index contributed by atoms with van der Waals surface area (Å²) in [5.41, 5.74) is 11.0. The Balaban J connectivity index is 0.000000197. The molecule has 0 N–H and O–H groups in total. The number of hydrogen-bond acceptors (Lipinski definition) is 2. The van der Waals surface area contributed by atoms with E-state index in [1.807, 2.05) is 30.3 Å². The van der Waals surface area contributed by atoms with E-state index in [1.54, 1.807) is 12.1 Å². The van der Waals surface area contributed by atoms with Crippen LogP contribution in [0.1, 0.15) is 108 Å². The van der Waals surface area contributed by atoms with Crippen LogP contribution in [0.25, 0.3) is 0 Å². The number of aryl methyl sites for hydroxylation is 4. The van der Waals surface area contributed by atoms with E-state index >= 15 is 0 Å². The van der Waals surface area contributed by atoms with Crippen molar-refractivity contribution in [2.24, 2.45) is 4.99 Å². The highest BCUT2D eigenvalue weighted by Crippen LogP contribution is 2.34. The van der Waals surface area contributed by atoms with Crippen LogP contribution in [0.5, 0.6) is 0 Å². The molecule has 43 heavy (non-hydrogen) atoms. The summed E-state index contributed by atoms with van der Waals surface area (Å²) in [6.07, 6.45) is 5.59. The van der Waals surface area contributed by atoms with Crippen LogP contribution in [-0.4, -0.2) is 11.5 Å². The zero-order chi connectivity index (χ0) is 30.9. The van der Waals surface area contributed by atoms with E-state index in [-0.39, 0.29) is 11.8 Å². The molecule has 1 aliphatic rings. The van der Waals surface area contributed by atoms with Gasteiger partial charge in [0.15, 0.2) is 5.78 Å². The Hall–Kier alpha value is -3.20. The Morgan fingerprint density at radius 2 is 1.47 bits per heavy atom. The fourth-order valence-corrected chi connectivity index (χ4v) is 6.37. The van der Waals surface area contributed by atoms with Gasteiger partial charge in [0.25, 0.3) is 0 Å². The van der Waals surface area contributed by atoms with Crippen LogP contribution in [0.15, 0.2) is 89.9 Å². The van der Waals surface area contributed by atoms with E-state index < -0.39 is 0 Å². The predicted molar refractivity (Wildman–Crippen MR) is 185 cm³/mol. The van der Waals surface area contributed by atoms with Crippen LogP contribution in [0.2, 0.25) is 10.0 Å². The monoisotopic (exact) mass is 611 g/mol. The molecule has 5 rings (SSSR count). The van der Waals surface area contributed by atoms with Crippen LogP contribution in [0, 0.1) is 13.8 Å². The van der Waals surface area contributed by atoms with E-state index in [0.717, 1.165) is 48.4 Å². The Labute approximate surface area is 268 Å². The SMILES string of the molecule is CCc1ccc(C(C)CCC(=O)c2ccccc2Cl)c(C)c1.CCc1ccc(C2CCC(c3ccccc3Cl)=N2)c(C)c1. The molecule has 0 aliphatic carbocycles. The quantitative estimate of drug-likeness (QED) is 0.173. The number of ketones is 1. The zero-order valence-electron chi connectivity index (χ0n) is 26.1. The lowest BCUT2D eigenvalue weighted by molar-refractivity contribution is 0.0978. The van der Waals surface area contributed by atoms with E-state index in [9.17, 15) is 4.79 Å². The summed E-state index contributed by atoms with van der Waals surface area (Å²) in [6.45, 7) is 10.9. The molecule has 0 radical (unpaired) electrons. The first-order valence-electron chi connectivity index (χ1n) is 15.5. The van der Waals surface area contributed by atoms with E-state index in [1.165, 1.54) is 33.4 Å². The second kappa shape index (κ2) is 15.5. The highest BCUT2D eigenvalue weighted by atomic mass is 35.5. The lowest BCUT2D eigenvalue weighted by Crippen LogP contribution is -2.04. The molecule has 1 heterocycles. The molecule has 224 valence electrons. The van der Waals surface area contributed by atoms with E-state index in [0.29, 0.717) is 22.9 Å². The first-order chi connectivity index (χ1) is 20.7. The number of carbonyl (C=O) groups is 1. The van der Waals surface area contributed by atoms with Gasteiger partial charge in [-0.25, -0.2) is 0 Å². The fourth-order valence-electron chi connectivity index (χ4n) is 5.88. The lowest BCUT2D eigenvalue weighted by atomic mass is 9.90. The third-order valence-electron chi connectivity index (χ3n) is 8.50. The van der Waals surface area contributed by atoms with Gasteiger partial charge >= 0.3 is 0 Å². The van der Waals surface area contributed by atoms with Crippen molar-refractivity contribution < 1.29 is 4.79 Å². The normalized spacial score (nSPS) is 15.0. The number of rotatable bonds is 9. The number of carbonyl (C=O) groups excluding carboxylic acids is 1. The largest absolute Gasteiger partial charge is 0.294 e. The minimum Gasteiger partial charge on any atom is -0.294 e. The van der Waals surface area contributed by atoms with Crippen molar-refractivity contribution in [3.05, 3.63) is 139 Å². The standard InChI is InChI=1S/C20H23ClO.C19H20ClN/c1-4-16-10-11-17(15(3)13-16)14(2)9-12-20(22)18-7-5-6-8-19(18)21;1-3-14-8-9-15(13(2)12-14)18-10-11-19(21-18)16-6-4-5-7-17(16)20/h5-8,10-11,13-14H,4,9,12H2,1-3H3;4-9,12,18H,3,10-11H2,1-2H3. The van der Waals surface area contributed by atoms with Crippen LogP contribution in [0.3, 0.4) is 0 Å². The molecule has 0 bridgehead atoms. The number of nitrogens with zero attached hydrogens (tertiary/aromatic N) is 1. The summed E-state index contributed by atoms with van der Waals surface area (Å²) in [4.78, 5) is 17.2. The molecular formula is C39H43Cl2NO. The topological polar surface area (TPSA) is 29.4 Å². The van der Waals surface area contributed by atoms with Gasteiger partial charge < -0.3 is 0 Å². The van der Waals surface area contributed by atoms with Crippen molar-refractivity contribution in [1.29, 1.82) is 0 Å². The van der Waals surface area contributed by atoms with Crippen molar-refractivity contribution >= 4 is 34.7 Å². The molecule has 2 unspecified atom stereocenters. The van der Waals surface area contributed by atoms with Crippen molar-refractivity contribution in [2.75, 3.05) is 0 Å². The van der Waals surface area contributed by atoms with Crippen LogP contribution < -0.4 is 0 Å². The summed E-state index contributed by atoms with van der Waals surface area (Å²) < 4.78 is 0. The average Bonchev–Trinajstić information content (AvgIpc) is 3.50. The van der Waals surface area contributed by atoms with Gasteiger partial charge in [0.1, 0.15) is 0 Å². The first-order valence-corrected chi connectivity index (χ1v) is 16.3. The van der Waals surface area contributed by atoms with Crippen LogP contribution in [0.4, 0.5) is 0 Å². The molecule has 0 fully saturated rings. The molecule has 0 spiro atoms. The molecule has 0 saturated carbocycles. The first kappa shape index (κ1) is 32.7. The highest BCUT2D eigenvalue weighted by molar-refractivity contribution is 6.34. The molecule has 4 aromatic carbocycles. The Kier molecular flexibility index (Phi) is 11.8. The minimum absolute atomic E-state index is 0.125. The Morgan fingerprint density at radius 3 is 2.09 bits per heavy atom. The number of halogens is 2. The van der Waals surface area contributed by atoms with E-state index in [4.69, 9.17) is 28.2 Å². The molecule has 2 nitrogen and oxygen atoms in total. The third kappa shape index (κ3) is 8.46. The third-order valence-corrected chi connectivity index (χ3v) is 9.16. The summed E-state index contributed by atoms with van der Waals surface area (Å²) in [6, 6.07) is 29.0. The zero-order valence-corrected chi connectivity index (χ0v) is 27.6. The van der Waals surface area contributed by atoms with E-state index in [2.05, 4.69) is 77.1 Å². The van der Waals surface area contributed by atoms with Gasteiger partial charge in [-0.15, -0.1) is 0 Å². The van der Waals surface area contributed by atoms with Crippen LogP contribution in [-0.2, 0) is 12.8 Å².